The summed E-state index contributed by atoms with van der Waals surface area (Å²) in [6, 6.07) is 10.5. The fourth-order valence-electron chi connectivity index (χ4n) is 3.32. The molecule has 0 saturated heterocycles. The van der Waals surface area contributed by atoms with Crippen LogP contribution in [-0.4, -0.2) is 22.6 Å². The van der Waals surface area contributed by atoms with Gasteiger partial charge in [0.25, 0.3) is 0 Å². The molecule has 1 aromatic carbocycles. The molecule has 0 radical (unpaired) electrons. The first kappa shape index (κ1) is 18.0. The van der Waals surface area contributed by atoms with Gasteiger partial charge in [-0.05, 0) is 43.9 Å². The molecule has 0 unspecified atom stereocenters. The molecule has 0 amide bonds. The Hall–Kier alpha value is -1.81. The van der Waals surface area contributed by atoms with Crippen molar-refractivity contribution in [3.63, 3.8) is 0 Å². The lowest BCUT2D eigenvalue weighted by Crippen LogP contribution is -2.20. The molecule has 4 nitrogen and oxygen atoms in total. The highest BCUT2D eigenvalue weighted by molar-refractivity contribution is 6.30. The van der Waals surface area contributed by atoms with Crippen LogP contribution < -0.4 is 10.6 Å². The minimum Gasteiger partial charge on any atom is -0.367 e. The first-order valence-electron chi connectivity index (χ1n) is 9.29. The Balaban J connectivity index is 1.56. The van der Waals surface area contributed by atoms with Crippen molar-refractivity contribution in [3.05, 3.63) is 46.6 Å². The number of nitrogens with zero attached hydrogens (tertiary/aromatic N) is 2. The van der Waals surface area contributed by atoms with E-state index < -0.39 is 0 Å². The number of hydrogen-bond acceptors (Lipinski definition) is 4. The Morgan fingerprint density at radius 2 is 1.76 bits per heavy atom. The number of aryl methyl sites for hydroxylation is 1. The van der Waals surface area contributed by atoms with E-state index in [4.69, 9.17) is 11.6 Å². The van der Waals surface area contributed by atoms with E-state index in [1.165, 1.54) is 44.1 Å². The standard InChI is InChI=1S/C20H27ClN4/c1-15-14-19(24-18-6-4-2-3-5-7-18)25-20(23-15)22-13-12-16-8-10-17(21)11-9-16/h8-11,14,18H,2-7,12-13H2,1H3,(H2,22,23,24,25). The fourth-order valence-corrected chi connectivity index (χ4v) is 3.45. The maximum atomic E-state index is 5.92. The quantitative estimate of drug-likeness (QED) is 0.694. The van der Waals surface area contributed by atoms with Gasteiger partial charge in [0, 0.05) is 29.4 Å². The molecule has 0 aliphatic heterocycles. The third-order valence-corrected chi connectivity index (χ3v) is 4.92. The molecule has 1 aliphatic rings. The van der Waals surface area contributed by atoms with E-state index in [0.717, 1.165) is 29.5 Å². The van der Waals surface area contributed by atoms with E-state index in [9.17, 15) is 0 Å². The van der Waals surface area contributed by atoms with E-state index in [0.29, 0.717) is 12.0 Å². The molecule has 2 N–H and O–H groups in total. The molecule has 1 saturated carbocycles. The average Bonchev–Trinajstić information content (AvgIpc) is 2.85. The number of hydrogen-bond donors (Lipinski definition) is 2. The van der Waals surface area contributed by atoms with Crippen LogP contribution in [0.3, 0.4) is 0 Å². The lowest BCUT2D eigenvalue weighted by Gasteiger charge is -2.17. The van der Waals surface area contributed by atoms with Crippen LogP contribution in [0.25, 0.3) is 0 Å². The smallest absolute Gasteiger partial charge is 0.224 e. The van der Waals surface area contributed by atoms with Crippen LogP contribution in [0.4, 0.5) is 11.8 Å². The first-order valence-corrected chi connectivity index (χ1v) is 9.67. The Labute approximate surface area is 155 Å². The van der Waals surface area contributed by atoms with Gasteiger partial charge >= 0.3 is 0 Å². The molecular weight excluding hydrogens is 332 g/mol. The summed E-state index contributed by atoms with van der Waals surface area (Å²) in [7, 11) is 0. The molecule has 3 rings (SSSR count). The lowest BCUT2D eigenvalue weighted by molar-refractivity contribution is 0.617. The van der Waals surface area contributed by atoms with E-state index >= 15 is 0 Å². The Morgan fingerprint density at radius 3 is 2.48 bits per heavy atom. The van der Waals surface area contributed by atoms with Gasteiger partial charge in [-0.25, -0.2) is 4.98 Å². The SMILES string of the molecule is Cc1cc(NC2CCCCCC2)nc(NCCc2ccc(Cl)cc2)n1. The highest BCUT2D eigenvalue weighted by Crippen LogP contribution is 2.21. The Bertz CT molecular complexity index is 664. The predicted octanol–water partition coefficient (Wildman–Crippen LogP) is 5.23. The van der Waals surface area contributed by atoms with Crippen LogP contribution in [0, 0.1) is 6.92 Å². The number of benzene rings is 1. The second kappa shape index (κ2) is 9.04. The van der Waals surface area contributed by atoms with Crippen LogP contribution in [-0.2, 0) is 6.42 Å². The molecule has 25 heavy (non-hydrogen) atoms. The topological polar surface area (TPSA) is 49.8 Å². The molecule has 0 bridgehead atoms. The second-order valence-corrected chi connectivity index (χ2v) is 7.29. The van der Waals surface area contributed by atoms with E-state index in [2.05, 4.69) is 32.7 Å². The number of nitrogens with one attached hydrogen (secondary N) is 2. The molecule has 1 aromatic heterocycles. The van der Waals surface area contributed by atoms with E-state index in [-0.39, 0.29) is 0 Å². The molecular formula is C20H27ClN4. The zero-order valence-electron chi connectivity index (χ0n) is 14.9. The van der Waals surface area contributed by atoms with E-state index in [1.807, 2.05) is 25.1 Å². The summed E-state index contributed by atoms with van der Waals surface area (Å²) in [4.78, 5) is 9.16. The zero-order valence-corrected chi connectivity index (χ0v) is 15.6. The van der Waals surface area contributed by atoms with Crippen molar-refractivity contribution < 1.29 is 0 Å². The Morgan fingerprint density at radius 1 is 1.04 bits per heavy atom. The second-order valence-electron chi connectivity index (χ2n) is 6.85. The summed E-state index contributed by atoms with van der Waals surface area (Å²) in [5, 5.41) is 7.73. The fraction of sp³-hybridized carbons (Fsp3) is 0.500. The summed E-state index contributed by atoms with van der Waals surface area (Å²) in [6.07, 6.45) is 8.74. The number of aromatic nitrogens is 2. The van der Waals surface area contributed by atoms with Crippen molar-refractivity contribution in [2.75, 3.05) is 17.2 Å². The van der Waals surface area contributed by atoms with Crippen molar-refractivity contribution in [1.29, 1.82) is 0 Å². The minimum absolute atomic E-state index is 0.540. The van der Waals surface area contributed by atoms with Crippen molar-refractivity contribution >= 4 is 23.4 Å². The van der Waals surface area contributed by atoms with Gasteiger partial charge in [-0.2, -0.15) is 4.98 Å². The molecule has 1 aliphatic carbocycles. The normalized spacial score (nSPS) is 15.6. The van der Waals surface area contributed by atoms with Gasteiger partial charge < -0.3 is 10.6 Å². The van der Waals surface area contributed by atoms with Crippen LogP contribution in [0.5, 0.6) is 0 Å². The zero-order chi connectivity index (χ0) is 17.5. The van der Waals surface area contributed by atoms with Crippen molar-refractivity contribution in [2.45, 2.75) is 57.9 Å². The molecule has 134 valence electrons. The van der Waals surface area contributed by atoms with Gasteiger partial charge in [-0.15, -0.1) is 0 Å². The molecule has 1 heterocycles. The van der Waals surface area contributed by atoms with Gasteiger partial charge in [-0.3, -0.25) is 0 Å². The van der Waals surface area contributed by atoms with Crippen LogP contribution in [0.15, 0.2) is 30.3 Å². The third-order valence-electron chi connectivity index (χ3n) is 4.67. The molecule has 0 spiro atoms. The maximum absolute atomic E-state index is 5.92. The number of rotatable bonds is 6. The van der Waals surface area contributed by atoms with Gasteiger partial charge in [0.15, 0.2) is 0 Å². The number of anilines is 2. The molecule has 1 fully saturated rings. The minimum atomic E-state index is 0.540. The third kappa shape index (κ3) is 5.89. The predicted molar refractivity (Wildman–Crippen MR) is 106 cm³/mol. The van der Waals surface area contributed by atoms with Gasteiger partial charge in [0.1, 0.15) is 5.82 Å². The van der Waals surface area contributed by atoms with E-state index in [1.54, 1.807) is 0 Å². The lowest BCUT2D eigenvalue weighted by atomic mass is 10.1. The van der Waals surface area contributed by atoms with Gasteiger partial charge in [0.05, 0.1) is 0 Å². The van der Waals surface area contributed by atoms with Crippen LogP contribution in [0.2, 0.25) is 5.02 Å². The highest BCUT2D eigenvalue weighted by atomic mass is 35.5. The molecule has 5 heteroatoms. The molecule has 0 atom stereocenters. The van der Waals surface area contributed by atoms with Crippen molar-refractivity contribution in [1.82, 2.24) is 9.97 Å². The summed E-state index contributed by atoms with van der Waals surface area (Å²) < 4.78 is 0. The summed E-state index contributed by atoms with van der Waals surface area (Å²) >= 11 is 5.92. The summed E-state index contributed by atoms with van der Waals surface area (Å²) in [5.74, 6) is 1.64. The van der Waals surface area contributed by atoms with Gasteiger partial charge in [-0.1, -0.05) is 49.4 Å². The van der Waals surface area contributed by atoms with Gasteiger partial charge in [0.2, 0.25) is 5.95 Å². The molecule has 2 aromatic rings. The highest BCUT2D eigenvalue weighted by Gasteiger charge is 2.13. The summed E-state index contributed by atoms with van der Waals surface area (Å²) in [5.41, 5.74) is 2.24. The van der Waals surface area contributed by atoms with Crippen LogP contribution >= 0.6 is 11.6 Å². The summed E-state index contributed by atoms with van der Waals surface area (Å²) in [6.45, 7) is 2.82. The first-order chi connectivity index (χ1) is 12.2. The number of halogens is 1. The Kier molecular flexibility index (Phi) is 6.51. The average molecular weight is 359 g/mol. The van der Waals surface area contributed by atoms with Crippen molar-refractivity contribution in [3.8, 4) is 0 Å². The monoisotopic (exact) mass is 358 g/mol. The van der Waals surface area contributed by atoms with Crippen LogP contribution in [0.1, 0.15) is 49.8 Å². The maximum Gasteiger partial charge on any atom is 0.224 e. The largest absolute Gasteiger partial charge is 0.367 e. The van der Waals surface area contributed by atoms with Crippen molar-refractivity contribution in [2.24, 2.45) is 0 Å².